The average Bonchev–Trinajstić information content (AvgIpc) is 3.23. The van der Waals surface area contributed by atoms with E-state index in [0.29, 0.717) is 23.7 Å². The van der Waals surface area contributed by atoms with Gasteiger partial charge in [0, 0.05) is 13.0 Å². The van der Waals surface area contributed by atoms with Crippen molar-refractivity contribution in [1.82, 2.24) is 14.5 Å². The maximum Gasteiger partial charge on any atom is 0.329 e. The maximum absolute atomic E-state index is 13.5. The average molecular weight is 407 g/mol. The number of likely N-dealkylation sites (tertiary alicyclic amines) is 1. The van der Waals surface area contributed by atoms with Crippen LogP contribution in [0.25, 0.3) is 10.9 Å². The minimum Gasteiger partial charge on any atom is -0.480 e. The number of amides is 1. The van der Waals surface area contributed by atoms with Gasteiger partial charge in [-0.2, -0.15) is 0 Å². The quantitative estimate of drug-likeness (QED) is 0.666. The third kappa shape index (κ3) is 3.52. The number of carbonyl (C=O) groups is 2. The Bertz CT molecular complexity index is 1210. The molecule has 1 fully saturated rings. The smallest absolute Gasteiger partial charge is 0.329 e. The van der Waals surface area contributed by atoms with Gasteiger partial charge in [-0.3, -0.25) is 9.59 Å². The summed E-state index contributed by atoms with van der Waals surface area (Å²) in [7, 11) is 0. The first-order chi connectivity index (χ1) is 14.5. The van der Waals surface area contributed by atoms with Crippen molar-refractivity contribution in [2.45, 2.75) is 31.3 Å². The molecule has 2 atom stereocenters. The molecule has 0 bridgehead atoms. The van der Waals surface area contributed by atoms with Crippen LogP contribution in [0.1, 0.15) is 24.4 Å². The van der Waals surface area contributed by atoms with E-state index in [1.165, 1.54) is 4.90 Å². The number of fused-ring (bicyclic) bond motifs is 1. The lowest BCUT2D eigenvalue weighted by atomic mass is 10.0. The molecule has 2 N–H and O–H groups in total. The predicted molar refractivity (Wildman–Crippen MR) is 110 cm³/mol. The van der Waals surface area contributed by atoms with Gasteiger partial charge >= 0.3 is 11.7 Å². The minimum absolute atomic E-state index is 0.101. The topological polar surface area (TPSA) is 112 Å². The molecule has 1 amide bonds. The number of aromatic amines is 1. The van der Waals surface area contributed by atoms with E-state index >= 15 is 0 Å². The Morgan fingerprint density at radius 1 is 1.07 bits per heavy atom. The highest BCUT2D eigenvalue weighted by molar-refractivity contribution is 5.87. The standard InChI is InChI=1S/C22H21N3O5/c26-19-15-9-4-5-10-16(15)23-22(30)25(19)18(13-14-7-2-1-3-8-14)20(27)24-12-6-11-17(24)21(28)29/h1-5,7-10,17-18H,6,11-13H2,(H,23,30)(H,28,29)/t17-,18-/m0/s1. The fourth-order valence-electron chi connectivity index (χ4n) is 4.06. The highest BCUT2D eigenvalue weighted by Gasteiger charge is 2.38. The molecule has 0 saturated carbocycles. The fourth-order valence-corrected chi connectivity index (χ4v) is 4.06. The second-order valence-electron chi connectivity index (χ2n) is 7.38. The largest absolute Gasteiger partial charge is 0.480 e. The van der Waals surface area contributed by atoms with E-state index in [-0.39, 0.29) is 13.0 Å². The van der Waals surface area contributed by atoms with Crippen molar-refractivity contribution in [3.8, 4) is 0 Å². The van der Waals surface area contributed by atoms with Crippen molar-refractivity contribution in [3.63, 3.8) is 0 Å². The molecule has 3 aromatic rings. The third-order valence-corrected chi connectivity index (χ3v) is 5.53. The molecule has 154 valence electrons. The van der Waals surface area contributed by atoms with Crippen molar-refractivity contribution in [1.29, 1.82) is 0 Å². The minimum atomic E-state index is -1.15. The van der Waals surface area contributed by atoms with Crippen molar-refractivity contribution in [2.24, 2.45) is 0 Å². The SMILES string of the molecule is O=C(O)[C@@H]1CCCN1C(=O)[C@H](Cc1ccccc1)n1c(=O)[nH]c2ccccc2c1=O. The highest BCUT2D eigenvalue weighted by atomic mass is 16.4. The first-order valence-corrected chi connectivity index (χ1v) is 9.78. The van der Waals surface area contributed by atoms with Crippen LogP contribution in [0.2, 0.25) is 0 Å². The highest BCUT2D eigenvalue weighted by Crippen LogP contribution is 2.23. The van der Waals surface area contributed by atoms with Crippen LogP contribution < -0.4 is 11.2 Å². The molecule has 4 rings (SSSR count). The van der Waals surface area contributed by atoms with E-state index in [1.807, 2.05) is 6.07 Å². The fraction of sp³-hybridized carbons (Fsp3) is 0.273. The van der Waals surface area contributed by atoms with Crippen molar-refractivity contribution >= 4 is 22.8 Å². The zero-order chi connectivity index (χ0) is 21.3. The van der Waals surface area contributed by atoms with Crippen LogP contribution in [0.15, 0.2) is 64.2 Å². The van der Waals surface area contributed by atoms with Gasteiger partial charge in [-0.25, -0.2) is 14.2 Å². The molecule has 1 aliphatic heterocycles. The number of benzene rings is 2. The normalized spacial score (nSPS) is 17.2. The molecule has 0 spiro atoms. The number of aliphatic carboxylic acids is 1. The molecule has 0 radical (unpaired) electrons. The number of nitrogens with one attached hydrogen (secondary N) is 1. The molecule has 8 nitrogen and oxygen atoms in total. The van der Waals surface area contributed by atoms with Crippen LogP contribution in [-0.2, 0) is 16.0 Å². The molecule has 0 aliphatic carbocycles. The molecule has 1 saturated heterocycles. The number of H-pyrrole nitrogens is 1. The van der Waals surface area contributed by atoms with E-state index < -0.39 is 35.2 Å². The Morgan fingerprint density at radius 2 is 1.77 bits per heavy atom. The Kier molecular flexibility index (Phi) is 5.22. The molecule has 30 heavy (non-hydrogen) atoms. The zero-order valence-electron chi connectivity index (χ0n) is 16.2. The number of hydrogen-bond donors (Lipinski definition) is 2. The molecule has 2 aromatic carbocycles. The molecular formula is C22H21N3O5. The van der Waals surface area contributed by atoms with Crippen LogP contribution in [0, 0.1) is 0 Å². The second kappa shape index (κ2) is 7.98. The zero-order valence-corrected chi connectivity index (χ0v) is 16.2. The summed E-state index contributed by atoms with van der Waals surface area (Å²) in [5, 5.41) is 9.79. The monoisotopic (exact) mass is 407 g/mol. The van der Waals surface area contributed by atoms with Crippen LogP contribution in [0.5, 0.6) is 0 Å². The molecule has 1 aliphatic rings. The van der Waals surface area contributed by atoms with E-state index in [0.717, 1.165) is 10.1 Å². The number of para-hydroxylation sites is 1. The van der Waals surface area contributed by atoms with Crippen molar-refractivity contribution < 1.29 is 14.7 Å². The first kappa shape index (κ1) is 19.6. The number of carbonyl (C=O) groups excluding carboxylic acids is 1. The van der Waals surface area contributed by atoms with E-state index in [9.17, 15) is 24.3 Å². The van der Waals surface area contributed by atoms with E-state index in [4.69, 9.17) is 0 Å². The third-order valence-electron chi connectivity index (χ3n) is 5.53. The van der Waals surface area contributed by atoms with Gasteiger partial charge in [0.25, 0.3) is 5.56 Å². The Labute approximate surface area is 171 Å². The molecule has 2 heterocycles. The summed E-state index contributed by atoms with van der Waals surface area (Å²) in [5.74, 6) is -1.62. The second-order valence-corrected chi connectivity index (χ2v) is 7.38. The van der Waals surface area contributed by atoms with Crippen molar-refractivity contribution in [2.75, 3.05) is 6.54 Å². The summed E-state index contributed by atoms with van der Waals surface area (Å²) in [6, 6.07) is 13.5. The Balaban J connectivity index is 1.85. The van der Waals surface area contributed by atoms with Crippen LogP contribution in [-0.4, -0.2) is 44.0 Å². The lowest BCUT2D eigenvalue weighted by molar-refractivity contribution is -0.149. The predicted octanol–water partition coefficient (Wildman–Crippen LogP) is 1.55. The molecule has 0 unspecified atom stereocenters. The van der Waals surface area contributed by atoms with Gasteiger partial charge in [-0.05, 0) is 30.5 Å². The van der Waals surface area contributed by atoms with Crippen molar-refractivity contribution in [3.05, 3.63) is 81.0 Å². The maximum atomic E-state index is 13.5. The van der Waals surface area contributed by atoms with Gasteiger partial charge in [0.1, 0.15) is 12.1 Å². The Morgan fingerprint density at radius 3 is 2.50 bits per heavy atom. The Hall–Kier alpha value is -3.68. The summed E-state index contributed by atoms with van der Waals surface area (Å²) in [5.41, 5.74) is -0.116. The summed E-state index contributed by atoms with van der Waals surface area (Å²) in [4.78, 5) is 55.0. The number of nitrogens with zero attached hydrogens (tertiary/aromatic N) is 2. The number of carboxylic acids is 1. The van der Waals surface area contributed by atoms with Gasteiger partial charge in [0.05, 0.1) is 10.9 Å². The molecule has 8 heteroatoms. The molecule has 1 aromatic heterocycles. The molecular weight excluding hydrogens is 386 g/mol. The first-order valence-electron chi connectivity index (χ1n) is 9.78. The number of carboxylic acid groups (broad SMARTS) is 1. The number of rotatable bonds is 5. The summed E-state index contributed by atoms with van der Waals surface area (Å²) < 4.78 is 0.925. The van der Waals surface area contributed by atoms with Gasteiger partial charge < -0.3 is 15.0 Å². The summed E-state index contributed by atoms with van der Waals surface area (Å²) in [6.45, 7) is 0.279. The van der Waals surface area contributed by atoms with Crippen LogP contribution >= 0.6 is 0 Å². The van der Waals surface area contributed by atoms with E-state index in [2.05, 4.69) is 4.98 Å². The van der Waals surface area contributed by atoms with Gasteiger partial charge in [0.2, 0.25) is 5.91 Å². The summed E-state index contributed by atoms with van der Waals surface area (Å²) in [6.07, 6.45) is 1.01. The van der Waals surface area contributed by atoms with E-state index in [1.54, 1.807) is 48.5 Å². The van der Waals surface area contributed by atoms with Gasteiger partial charge in [-0.15, -0.1) is 0 Å². The van der Waals surface area contributed by atoms with Crippen LogP contribution in [0.3, 0.4) is 0 Å². The number of hydrogen-bond acceptors (Lipinski definition) is 4. The van der Waals surface area contributed by atoms with Gasteiger partial charge in [-0.1, -0.05) is 42.5 Å². The lowest BCUT2D eigenvalue weighted by Gasteiger charge is -2.27. The van der Waals surface area contributed by atoms with Gasteiger partial charge in [0.15, 0.2) is 0 Å². The van der Waals surface area contributed by atoms with Crippen LogP contribution in [0.4, 0.5) is 0 Å². The summed E-state index contributed by atoms with van der Waals surface area (Å²) >= 11 is 0. The lowest BCUT2D eigenvalue weighted by Crippen LogP contribution is -2.49. The number of aromatic nitrogens is 2.